The van der Waals surface area contributed by atoms with E-state index in [-0.39, 0.29) is 17.6 Å². The molecule has 2 aliphatic heterocycles. The van der Waals surface area contributed by atoms with Crippen LogP contribution in [0.25, 0.3) is 0 Å². The molecule has 0 aromatic heterocycles. The number of likely N-dealkylation sites (tertiary alicyclic amines) is 1. The second-order valence-electron chi connectivity index (χ2n) is 8.62. The summed E-state index contributed by atoms with van der Waals surface area (Å²) in [7, 11) is 1.69. The molecule has 4 nitrogen and oxygen atoms in total. The van der Waals surface area contributed by atoms with E-state index in [2.05, 4.69) is 29.2 Å². The van der Waals surface area contributed by atoms with Crippen molar-refractivity contribution in [3.63, 3.8) is 0 Å². The minimum absolute atomic E-state index is 0.0438. The first-order valence-electron chi connectivity index (χ1n) is 11.2. The standard InChI is InChI=1S/C26H31FN2O2/c1-31-24-11-7-20(8-12-24)18-28-16-13-22(14-17-28)25-4-2-3-15-29(26(25)30)19-21-5-9-23(27)10-6-21/h2-3,5-12,22,25H,4,13-19H2,1H3/t25-/m1/s1. The number of methoxy groups -OCH3 is 1. The fourth-order valence-electron chi connectivity index (χ4n) is 4.72. The van der Waals surface area contributed by atoms with Gasteiger partial charge in [0.05, 0.1) is 7.11 Å². The number of benzene rings is 2. The summed E-state index contributed by atoms with van der Waals surface area (Å²) in [5, 5.41) is 0. The van der Waals surface area contributed by atoms with Crippen molar-refractivity contribution >= 4 is 5.91 Å². The zero-order valence-electron chi connectivity index (χ0n) is 18.2. The molecular weight excluding hydrogens is 391 g/mol. The Kier molecular flexibility index (Phi) is 7.03. The summed E-state index contributed by atoms with van der Waals surface area (Å²) in [6.07, 6.45) is 7.18. The van der Waals surface area contributed by atoms with Crippen LogP contribution in [-0.2, 0) is 17.9 Å². The summed E-state index contributed by atoms with van der Waals surface area (Å²) in [5.74, 6) is 1.33. The van der Waals surface area contributed by atoms with Crippen LogP contribution in [0, 0.1) is 17.7 Å². The molecular formula is C26H31FN2O2. The number of rotatable bonds is 6. The summed E-state index contributed by atoms with van der Waals surface area (Å²) in [4.78, 5) is 17.7. The fourth-order valence-corrected chi connectivity index (χ4v) is 4.72. The van der Waals surface area contributed by atoms with Gasteiger partial charge in [-0.3, -0.25) is 9.69 Å². The molecule has 5 heteroatoms. The predicted octanol–water partition coefficient (Wildman–Crippen LogP) is 4.65. The van der Waals surface area contributed by atoms with Gasteiger partial charge in [-0.05, 0) is 73.7 Å². The molecule has 2 aliphatic rings. The van der Waals surface area contributed by atoms with Gasteiger partial charge in [0, 0.05) is 25.6 Å². The third-order valence-corrected chi connectivity index (χ3v) is 6.56. The molecule has 0 radical (unpaired) electrons. The second-order valence-corrected chi connectivity index (χ2v) is 8.62. The maximum absolute atomic E-state index is 13.3. The van der Waals surface area contributed by atoms with E-state index < -0.39 is 0 Å². The topological polar surface area (TPSA) is 32.8 Å². The van der Waals surface area contributed by atoms with Crippen LogP contribution in [0.15, 0.2) is 60.7 Å². The third-order valence-electron chi connectivity index (χ3n) is 6.56. The summed E-state index contributed by atoms with van der Waals surface area (Å²) < 4.78 is 18.5. The molecule has 2 aromatic rings. The monoisotopic (exact) mass is 422 g/mol. The van der Waals surface area contributed by atoms with Gasteiger partial charge in [-0.1, -0.05) is 36.4 Å². The first-order valence-corrected chi connectivity index (χ1v) is 11.2. The quantitative estimate of drug-likeness (QED) is 0.635. The molecule has 31 heavy (non-hydrogen) atoms. The van der Waals surface area contributed by atoms with Crippen LogP contribution in [0.5, 0.6) is 5.75 Å². The van der Waals surface area contributed by atoms with Crippen LogP contribution in [-0.4, -0.2) is 42.5 Å². The summed E-state index contributed by atoms with van der Waals surface area (Å²) in [6.45, 7) is 4.13. The molecule has 0 aliphatic carbocycles. The smallest absolute Gasteiger partial charge is 0.226 e. The minimum atomic E-state index is -0.245. The van der Waals surface area contributed by atoms with Crippen molar-refractivity contribution in [1.82, 2.24) is 9.80 Å². The van der Waals surface area contributed by atoms with Gasteiger partial charge in [0.1, 0.15) is 11.6 Å². The molecule has 1 saturated heterocycles. The molecule has 1 amide bonds. The van der Waals surface area contributed by atoms with Crippen LogP contribution in [0.2, 0.25) is 0 Å². The zero-order valence-corrected chi connectivity index (χ0v) is 18.2. The van der Waals surface area contributed by atoms with Gasteiger partial charge in [0.2, 0.25) is 5.91 Å². The molecule has 0 N–H and O–H groups in total. The molecule has 1 fully saturated rings. The number of nitrogens with zero attached hydrogens (tertiary/aromatic N) is 2. The number of ether oxygens (including phenoxy) is 1. The lowest BCUT2D eigenvalue weighted by atomic mass is 9.81. The van der Waals surface area contributed by atoms with E-state index in [0.29, 0.717) is 19.0 Å². The second kappa shape index (κ2) is 10.1. The van der Waals surface area contributed by atoms with E-state index in [1.54, 1.807) is 19.2 Å². The van der Waals surface area contributed by atoms with E-state index >= 15 is 0 Å². The first kappa shape index (κ1) is 21.6. The normalized spacial score (nSPS) is 20.6. The van der Waals surface area contributed by atoms with Crippen LogP contribution >= 0.6 is 0 Å². The van der Waals surface area contributed by atoms with E-state index in [1.807, 2.05) is 17.0 Å². The highest BCUT2D eigenvalue weighted by Gasteiger charge is 2.34. The number of halogens is 1. The van der Waals surface area contributed by atoms with Crippen molar-refractivity contribution in [1.29, 1.82) is 0 Å². The fraction of sp³-hybridized carbons (Fsp3) is 0.423. The van der Waals surface area contributed by atoms with Gasteiger partial charge >= 0.3 is 0 Å². The molecule has 1 atom stereocenters. The van der Waals surface area contributed by atoms with E-state index in [4.69, 9.17) is 4.74 Å². The highest BCUT2D eigenvalue weighted by molar-refractivity contribution is 5.80. The van der Waals surface area contributed by atoms with Crippen molar-refractivity contribution in [3.8, 4) is 5.75 Å². The number of amides is 1. The summed E-state index contributed by atoms with van der Waals surface area (Å²) in [6, 6.07) is 14.7. The van der Waals surface area contributed by atoms with E-state index in [0.717, 1.165) is 50.2 Å². The van der Waals surface area contributed by atoms with Gasteiger partial charge in [-0.2, -0.15) is 0 Å². The van der Waals surface area contributed by atoms with Crippen LogP contribution in [0.1, 0.15) is 30.4 Å². The average Bonchev–Trinajstić information content (AvgIpc) is 2.98. The highest BCUT2D eigenvalue weighted by Crippen LogP contribution is 2.31. The van der Waals surface area contributed by atoms with Crippen molar-refractivity contribution in [3.05, 3.63) is 77.6 Å². The largest absolute Gasteiger partial charge is 0.497 e. The van der Waals surface area contributed by atoms with Gasteiger partial charge in [-0.15, -0.1) is 0 Å². The molecule has 164 valence electrons. The Morgan fingerprint density at radius 3 is 2.26 bits per heavy atom. The maximum Gasteiger partial charge on any atom is 0.226 e. The van der Waals surface area contributed by atoms with Gasteiger partial charge in [-0.25, -0.2) is 4.39 Å². The van der Waals surface area contributed by atoms with Crippen molar-refractivity contribution in [2.45, 2.75) is 32.4 Å². The van der Waals surface area contributed by atoms with Crippen LogP contribution in [0.3, 0.4) is 0 Å². The van der Waals surface area contributed by atoms with Gasteiger partial charge < -0.3 is 9.64 Å². The Hall–Kier alpha value is -2.66. The lowest BCUT2D eigenvalue weighted by molar-refractivity contribution is -0.137. The Balaban J connectivity index is 1.33. The van der Waals surface area contributed by atoms with Crippen LogP contribution in [0.4, 0.5) is 4.39 Å². The molecule has 2 heterocycles. The number of allylic oxidation sites excluding steroid dienone is 1. The Morgan fingerprint density at radius 1 is 0.935 bits per heavy atom. The molecule has 0 saturated carbocycles. The minimum Gasteiger partial charge on any atom is -0.497 e. The first-order chi connectivity index (χ1) is 15.1. The summed E-state index contributed by atoms with van der Waals surface area (Å²) in [5.41, 5.74) is 2.26. The Bertz CT molecular complexity index is 887. The predicted molar refractivity (Wildman–Crippen MR) is 120 cm³/mol. The Labute approximate surface area is 184 Å². The molecule has 0 spiro atoms. The lowest BCUT2D eigenvalue weighted by Crippen LogP contribution is -2.42. The number of hydrogen-bond donors (Lipinski definition) is 0. The van der Waals surface area contributed by atoms with Crippen molar-refractivity contribution in [2.24, 2.45) is 11.8 Å². The molecule has 0 unspecified atom stereocenters. The number of piperidine rings is 1. The molecule has 4 rings (SSSR count). The van der Waals surface area contributed by atoms with E-state index in [9.17, 15) is 9.18 Å². The zero-order chi connectivity index (χ0) is 21.6. The number of carbonyl (C=O) groups is 1. The Morgan fingerprint density at radius 2 is 1.58 bits per heavy atom. The lowest BCUT2D eigenvalue weighted by Gasteiger charge is -2.36. The maximum atomic E-state index is 13.3. The van der Waals surface area contributed by atoms with Gasteiger partial charge in [0.15, 0.2) is 0 Å². The third kappa shape index (κ3) is 5.53. The van der Waals surface area contributed by atoms with Crippen LogP contribution < -0.4 is 4.74 Å². The van der Waals surface area contributed by atoms with Gasteiger partial charge in [0.25, 0.3) is 0 Å². The van der Waals surface area contributed by atoms with Crippen molar-refractivity contribution < 1.29 is 13.9 Å². The average molecular weight is 423 g/mol. The van der Waals surface area contributed by atoms with E-state index in [1.165, 1.54) is 17.7 Å². The van der Waals surface area contributed by atoms with Crippen molar-refractivity contribution in [2.75, 3.05) is 26.7 Å². The number of carbonyl (C=O) groups excluding carboxylic acids is 1. The number of hydrogen-bond acceptors (Lipinski definition) is 3. The molecule has 0 bridgehead atoms. The highest BCUT2D eigenvalue weighted by atomic mass is 19.1. The summed E-state index contributed by atoms with van der Waals surface area (Å²) >= 11 is 0. The SMILES string of the molecule is COc1ccc(CN2CCC([C@H]3CC=CCN(Cc4ccc(F)cc4)C3=O)CC2)cc1. The molecule has 2 aromatic carbocycles.